The van der Waals surface area contributed by atoms with Crippen molar-refractivity contribution in [2.45, 2.75) is 38.7 Å². The number of nitrogens with zero attached hydrogens (tertiary/aromatic N) is 2. The van der Waals surface area contributed by atoms with Gasteiger partial charge in [-0.3, -0.25) is 9.80 Å². The van der Waals surface area contributed by atoms with Crippen molar-refractivity contribution in [2.24, 2.45) is 5.10 Å². The van der Waals surface area contributed by atoms with Crippen LogP contribution in [-0.2, 0) is 4.74 Å². The monoisotopic (exact) mass is 301 g/mol. The van der Waals surface area contributed by atoms with Crippen molar-refractivity contribution in [1.82, 2.24) is 5.32 Å². The molecule has 1 N–H and O–H groups in total. The molecule has 1 aromatic carbocycles. The smallest absolute Gasteiger partial charge is 0.251 e. The van der Waals surface area contributed by atoms with Gasteiger partial charge in [-0.2, -0.15) is 5.10 Å². The number of benzene rings is 1. The molecule has 2 aliphatic rings. The standard InChI is InChI=1S/C17H23N3O2/c1-13-9-11-20(19-13)15-6-4-14(5-7-15)17(21)18-10-8-16-3-2-12-22-16/h4-7,16H,2-3,8-12H2,1H3,(H,18,21)/t16-/m1/s1. The molecule has 1 amide bonds. The molecule has 1 saturated heterocycles. The Morgan fingerprint density at radius 1 is 1.41 bits per heavy atom. The molecule has 2 heterocycles. The highest BCUT2D eigenvalue weighted by atomic mass is 16.5. The Balaban J connectivity index is 1.50. The van der Waals surface area contributed by atoms with E-state index >= 15 is 0 Å². The molecule has 5 nitrogen and oxygen atoms in total. The minimum atomic E-state index is -0.0225. The Bertz CT molecular complexity index is 548. The van der Waals surface area contributed by atoms with Gasteiger partial charge in [0, 0.05) is 37.4 Å². The molecule has 0 radical (unpaired) electrons. The van der Waals surface area contributed by atoms with Crippen molar-refractivity contribution in [3.8, 4) is 0 Å². The van der Waals surface area contributed by atoms with E-state index in [9.17, 15) is 4.79 Å². The van der Waals surface area contributed by atoms with Gasteiger partial charge in [0.15, 0.2) is 0 Å². The lowest BCUT2D eigenvalue weighted by Crippen LogP contribution is -2.27. The normalized spacial score (nSPS) is 21.0. The van der Waals surface area contributed by atoms with Crippen LogP contribution in [0, 0.1) is 0 Å². The molecular weight excluding hydrogens is 278 g/mol. The zero-order valence-corrected chi connectivity index (χ0v) is 13.0. The van der Waals surface area contributed by atoms with E-state index in [0.717, 1.165) is 50.2 Å². The van der Waals surface area contributed by atoms with Crippen LogP contribution in [0.25, 0.3) is 0 Å². The first-order valence-electron chi connectivity index (χ1n) is 8.04. The summed E-state index contributed by atoms with van der Waals surface area (Å²) in [6, 6.07) is 7.63. The molecule has 118 valence electrons. The van der Waals surface area contributed by atoms with Gasteiger partial charge in [-0.05, 0) is 50.5 Å². The van der Waals surface area contributed by atoms with Crippen LogP contribution in [0.4, 0.5) is 5.69 Å². The maximum Gasteiger partial charge on any atom is 0.251 e. The fourth-order valence-corrected chi connectivity index (χ4v) is 2.87. The van der Waals surface area contributed by atoms with Crippen molar-refractivity contribution in [3.05, 3.63) is 29.8 Å². The largest absolute Gasteiger partial charge is 0.378 e. The Morgan fingerprint density at radius 3 is 2.86 bits per heavy atom. The van der Waals surface area contributed by atoms with Crippen LogP contribution in [0.1, 0.15) is 43.0 Å². The Labute approximate surface area is 131 Å². The Morgan fingerprint density at radius 2 is 2.23 bits per heavy atom. The van der Waals surface area contributed by atoms with Gasteiger partial charge in [0.25, 0.3) is 5.91 Å². The third-order valence-electron chi connectivity index (χ3n) is 4.18. The highest BCUT2D eigenvalue weighted by Gasteiger charge is 2.16. The van der Waals surface area contributed by atoms with Crippen molar-refractivity contribution in [2.75, 3.05) is 24.7 Å². The van der Waals surface area contributed by atoms with Crippen LogP contribution in [0.15, 0.2) is 29.4 Å². The van der Waals surface area contributed by atoms with Gasteiger partial charge >= 0.3 is 0 Å². The predicted octanol–water partition coefficient (Wildman–Crippen LogP) is 2.57. The van der Waals surface area contributed by atoms with Gasteiger partial charge in [-0.1, -0.05) is 0 Å². The number of rotatable bonds is 5. The summed E-state index contributed by atoms with van der Waals surface area (Å²) in [5, 5.41) is 9.40. The van der Waals surface area contributed by atoms with E-state index in [-0.39, 0.29) is 5.91 Å². The van der Waals surface area contributed by atoms with E-state index in [4.69, 9.17) is 4.74 Å². The molecule has 0 bridgehead atoms. The molecule has 1 fully saturated rings. The number of carbonyl (C=O) groups is 1. The lowest BCUT2D eigenvalue weighted by Gasteiger charge is -2.14. The second-order valence-corrected chi connectivity index (χ2v) is 5.93. The van der Waals surface area contributed by atoms with Gasteiger partial charge in [0.05, 0.1) is 11.8 Å². The Hall–Kier alpha value is -1.88. The molecular formula is C17H23N3O2. The number of nitrogens with one attached hydrogen (secondary N) is 1. The second-order valence-electron chi connectivity index (χ2n) is 5.93. The summed E-state index contributed by atoms with van der Waals surface area (Å²) in [5.41, 5.74) is 2.87. The average molecular weight is 301 g/mol. The molecule has 3 rings (SSSR count). The molecule has 0 unspecified atom stereocenters. The highest BCUT2D eigenvalue weighted by molar-refractivity contribution is 5.94. The van der Waals surface area contributed by atoms with Crippen LogP contribution < -0.4 is 10.3 Å². The van der Waals surface area contributed by atoms with E-state index in [1.807, 2.05) is 36.2 Å². The summed E-state index contributed by atoms with van der Waals surface area (Å²) in [6.45, 7) is 4.48. The molecule has 0 saturated carbocycles. The first kappa shape index (κ1) is 15.0. The zero-order valence-electron chi connectivity index (χ0n) is 13.0. The minimum Gasteiger partial charge on any atom is -0.378 e. The maximum atomic E-state index is 12.1. The molecule has 1 atom stereocenters. The minimum absolute atomic E-state index is 0.0225. The van der Waals surface area contributed by atoms with Crippen molar-refractivity contribution in [1.29, 1.82) is 0 Å². The summed E-state index contributed by atoms with van der Waals surface area (Å²) in [5.74, 6) is -0.0225. The summed E-state index contributed by atoms with van der Waals surface area (Å²) < 4.78 is 5.55. The maximum absolute atomic E-state index is 12.1. The first-order valence-corrected chi connectivity index (χ1v) is 8.04. The number of ether oxygens (including phenoxy) is 1. The summed E-state index contributed by atoms with van der Waals surface area (Å²) in [6.07, 6.45) is 4.47. The van der Waals surface area contributed by atoms with Crippen LogP contribution >= 0.6 is 0 Å². The van der Waals surface area contributed by atoms with Crippen molar-refractivity contribution in [3.63, 3.8) is 0 Å². The number of carbonyl (C=O) groups excluding carboxylic acids is 1. The molecule has 0 aliphatic carbocycles. The third kappa shape index (κ3) is 3.65. The summed E-state index contributed by atoms with van der Waals surface area (Å²) >= 11 is 0. The quantitative estimate of drug-likeness (QED) is 0.909. The van der Waals surface area contributed by atoms with Crippen LogP contribution in [0.2, 0.25) is 0 Å². The lowest BCUT2D eigenvalue weighted by atomic mass is 10.1. The van der Waals surface area contributed by atoms with Crippen LogP contribution in [0.5, 0.6) is 0 Å². The topological polar surface area (TPSA) is 53.9 Å². The fraction of sp³-hybridized carbons (Fsp3) is 0.529. The van der Waals surface area contributed by atoms with Gasteiger partial charge in [0.1, 0.15) is 0 Å². The first-order chi connectivity index (χ1) is 10.7. The Kier molecular flexibility index (Phi) is 4.73. The van der Waals surface area contributed by atoms with E-state index in [1.165, 1.54) is 0 Å². The van der Waals surface area contributed by atoms with Gasteiger partial charge in [-0.25, -0.2) is 0 Å². The summed E-state index contributed by atoms with van der Waals surface area (Å²) in [7, 11) is 0. The van der Waals surface area contributed by atoms with Crippen molar-refractivity contribution < 1.29 is 9.53 Å². The molecule has 2 aliphatic heterocycles. The predicted molar refractivity (Wildman–Crippen MR) is 87.4 cm³/mol. The molecule has 0 spiro atoms. The molecule has 22 heavy (non-hydrogen) atoms. The number of hydrogen-bond acceptors (Lipinski definition) is 4. The molecule has 0 aromatic heterocycles. The second kappa shape index (κ2) is 6.92. The van der Waals surface area contributed by atoms with Gasteiger partial charge < -0.3 is 10.1 Å². The third-order valence-corrected chi connectivity index (χ3v) is 4.18. The van der Waals surface area contributed by atoms with E-state index in [0.29, 0.717) is 18.2 Å². The zero-order chi connectivity index (χ0) is 15.4. The SMILES string of the molecule is CC1=NN(c2ccc(C(=O)NCC[C@H]3CCCO3)cc2)CC1. The van der Waals surface area contributed by atoms with E-state index in [1.54, 1.807) is 0 Å². The number of amides is 1. The van der Waals surface area contributed by atoms with Gasteiger partial charge in [0.2, 0.25) is 0 Å². The lowest BCUT2D eigenvalue weighted by molar-refractivity contribution is 0.0907. The number of anilines is 1. The molecule has 5 heteroatoms. The fourth-order valence-electron chi connectivity index (χ4n) is 2.87. The van der Waals surface area contributed by atoms with Crippen molar-refractivity contribution >= 4 is 17.3 Å². The molecule has 1 aromatic rings. The van der Waals surface area contributed by atoms with Gasteiger partial charge in [-0.15, -0.1) is 0 Å². The average Bonchev–Trinajstić information content (AvgIpc) is 3.19. The van der Waals surface area contributed by atoms with Crippen LogP contribution in [0.3, 0.4) is 0 Å². The van der Waals surface area contributed by atoms with E-state index in [2.05, 4.69) is 10.4 Å². The highest BCUT2D eigenvalue weighted by Crippen LogP contribution is 2.20. The summed E-state index contributed by atoms with van der Waals surface area (Å²) in [4.78, 5) is 12.1. The number of hydrazone groups is 1. The van der Waals surface area contributed by atoms with Crippen LogP contribution in [-0.4, -0.2) is 37.4 Å². The number of hydrogen-bond donors (Lipinski definition) is 1. The van der Waals surface area contributed by atoms with E-state index < -0.39 is 0 Å².